The van der Waals surface area contributed by atoms with E-state index in [0.29, 0.717) is 6.04 Å². The van der Waals surface area contributed by atoms with Crippen LogP contribution in [0.15, 0.2) is 36.7 Å². The highest BCUT2D eigenvalue weighted by molar-refractivity contribution is 5.67. The summed E-state index contributed by atoms with van der Waals surface area (Å²) in [6.07, 6.45) is 6.19. The first-order chi connectivity index (χ1) is 8.79. The highest BCUT2D eigenvalue weighted by Crippen LogP contribution is 2.34. The van der Waals surface area contributed by atoms with Crippen LogP contribution in [0.2, 0.25) is 0 Å². The number of pyridine rings is 1. The molecule has 1 atom stereocenters. The molecule has 3 rings (SSSR count). The lowest BCUT2D eigenvalue weighted by Crippen LogP contribution is -2.12. The summed E-state index contributed by atoms with van der Waals surface area (Å²) in [4.78, 5) is 4.23. The van der Waals surface area contributed by atoms with E-state index in [2.05, 4.69) is 41.5 Å². The molecule has 1 aliphatic rings. The molecule has 1 N–H and O–H groups in total. The number of rotatable bonds is 2. The van der Waals surface area contributed by atoms with Crippen LogP contribution in [0.25, 0.3) is 11.1 Å². The second-order valence-corrected chi connectivity index (χ2v) is 4.98. The summed E-state index contributed by atoms with van der Waals surface area (Å²) in [5.74, 6) is 0. The highest BCUT2D eigenvalue weighted by Gasteiger charge is 2.21. The van der Waals surface area contributed by atoms with E-state index in [9.17, 15) is 0 Å². The van der Waals surface area contributed by atoms with Gasteiger partial charge in [0, 0.05) is 24.0 Å². The fourth-order valence-corrected chi connectivity index (χ4v) is 2.85. The van der Waals surface area contributed by atoms with E-state index in [-0.39, 0.29) is 0 Å². The molecule has 0 saturated carbocycles. The third kappa shape index (κ3) is 1.83. The Morgan fingerprint density at radius 2 is 2.17 bits per heavy atom. The lowest BCUT2D eigenvalue weighted by Gasteiger charge is -2.11. The van der Waals surface area contributed by atoms with Crippen molar-refractivity contribution in [3.8, 4) is 11.1 Å². The number of nitrogens with zero attached hydrogens (tertiary/aromatic N) is 1. The predicted molar refractivity (Wildman–Crippen MR) is 74.5 cm³/mol. The molecule has 0 saturated heterocycles. The maximum absolute atomic E-state index is 4.23. The smallest absolute Gasteiger partial charge is 0.0349 e. The van der Waals surface area contributed by atoms with Crippen molar-refractivity contribution in [3.05, 3.63) is 53.3 Å². The Balaban J connectivity index is 2.04. The van der Waals surface area contributed by atoms with Crippen molar-refractivity contribution >= 4 is 0 Å². The van der Waals surface area contributed by atoms with Crippen LogP contribution in [0, 0.1) is 6.92 Å². The summed E-state index contributed by atoms with van der Waals surface area (Å²) in [6, 6.07) is 9.42. The monoisotopic (exact) mass is 238 g/mol. The lowest BCUT2D eigenvalue weighted by molar-refractivity contribution is 0.590. The Hall–Kier alpha value is -1.67. The number of benzene rings is 1. The van der Waals surface area contributed by atoms with E-state index in [1.807, 2.05) is 19.4 Å². The van der Waals surface area contributed by atoms with E-state index in [1.165, 1.54) is 40.7 Å². The van der Waals surface area contributed by atoms with Crippen LogP contribution in [0.1, 0.15) is 29.2 Å². The molecule has 18 heavy (non-hydrogen) atoms. The first-order valence-corrected chi connectivity index (χ1v) is 6.50. The summed E-state index contributed by atoms with van der Waals surface area (Å²) in [6.45, 7) is 2.14. The van der Waals surface area contributed by atoms with Crippen molar-refractivity contribution in [2.45, 2.75) is 25.8 Å². The average Bonchev–Trinajstić information content (AvgIpc) is 2.81. The molecule has 0 fully saturated rings. The molecular weight excluding hydrogens is 220 g/mol. The molecule has 0 amide bonds. The third-order valence-electron chi connectivity index (χ3n) is 3.92. The molecular formula is C16H18N2. The molecule has 0 aliphatic heterocycles. The first-order valence-electron chi connectivity index (χ1n) is 6.50. The quantitative estimate of drug-likeness (QED) is 0.868. The number of nitrogens with one attached hydrogen (secondary N) is 1. The molecule has 1 heterocycles. The van der Waals surface area contributed by atoms with Crippen LogP contribution in [0.3, 0.4) is 0 Å². The van der Waals surface area contributed by atoms with Crippen LogP contribution in [0.5, 0.6) is 0 Å². The molecule has 1 aliphatic carbocycles. The van der Waals surface area contributed by atoms with Crippen molar-refractivity contribution in [3.63, 3.8) is 0 Å². The van der Waals surface area contributed by atoms with Gasteiger partial charge in [-0.1, -0.05) is 18.2 Å². The molecule has 1 aromatic carbocycles. The van der Waals surface area contributed by atoms with Crippen molar-refractivity contribution in [1.82, 2.24) is 10.3 Å². The van der Waals surface area contributed by atoms with Crippen molar-refractivity contribution in [2.24, 2.45) is 0 Å². The molecule has 2 aromatic rings. The summed E-state index contributed by atoms with van der Waals surface area (Å²) in [5.41, 5.74) is 6.76. The second-order valence-electron chi connectivity index (χ2n) is 4.98. The van der Waals surface area contributed by atoms with Gasteiger partial charge in [0.1, 0.15) is 0 Å². The fourth-order valence-electron chi connectivity index (χ4n) is 2.85. The van der Waals surface area contributed by atoms with E-state index < -0.39 is 0 Å². The molecule has 2 heteroatoms. The van der Waals surface area contributed by atoms with E-state index in [1.54, 1.807) is 0 Å². The molecule has 92 valence electrons. The number of fused-ring (bicyclic) bond motifs is 1. The molecule has 1 unspecified atom stereocenters. The zero-order valence-corrected chi connectivity index (χ0v) is 10.9. The van der Waals surface area contributed by atoms with Gasteiger partial charge in [-0.2, -0.15) is 0 Å². The zero-order valence-electron chi connectivity index (χ0n) is 10.9. The van der Waals surface area contributed by atoms with Gasteiger partial charge in [0.25, 0.3) is 0 Å². The second kappa shape index (κ2) is 4.54. The zero-order chi connectivity index (χ0) is 12.5. The molecule has 2 nitrogen and oxygen atoms in total. The Kier molecular flexibility index (Phi) is 2.88. The largest absolute Gasteiger partial charge is 0.313 e. The topological polar surface area (TPSA) is 24.9 Å². The van der Waals surface area contributed by atoms with Gasteiger partial charge in [0.2, 0.25) is 0 Å². The molecule has 0 radical (unpaired) electrons. The van der Waals surface area contributed by atoms with Crippen LogP contribution >= 0.6 is 0 Å². The van der Waals surface area contributed by atoms with E-state index in [4.69, 9.17) is 0 Å². The maximum Gasteiger partial charge on any atom is 0.0349 e. The highest BCUT2D eigenvalue weighted by atomic mass is 14.9. The van der Waals surface area contributed by atoms with Gasteiger partial charge in [0.05, 0.1) is 0 Å². The summed E-state index contributed by atoms with van der Waals surface area (Å²) >= 11 is 0. The van der Waals surface area contributed by atoms with Crippen LogP contribution in [-0.2, 0) is 6.42 Å². The van der Waals surface area contributed by atoms with Crippen LogP contribution in [0.4, 0.5) is 0 Å². The minimum Gasteiger partial charge on any atom is -0.313 e. The molecule has 0 bridgehead atoms. The SMILES string of the molecule is CNC1CCc2cc(-c3cnccc3C)ccc21. The number of hydrogen-bond acceptors (Lipinski definition) is 2. The van der Waals surface area contributed by atoms with Gasteiger partial charge in [-0.25, -0.2) is 0 Å². The standard InChI is InChI=1S/C16H18N2/c1-11-7-8-18-10-15(11)13-3-5-14-12(9-13)4-6-16(14)17-2/h3,5,7-10,16-17H,4,6H2,1-2H3. The Morgan fingerprint density at radius 3 is 2.94 bits per heavy atom. The Labute approximate surface area is 108 Å². The first kappa shape index (κ1) is 11.4. The number of aryl methyl sites for hydroxylation is 2. The van der Waals surface area contributed by atoms with Gasteiger partial charge in [-0.05, 0) is 55.1 Å². The van der Waals surface area contributed by atoms with Gasteiger partial charge >= 0.3 is 0 Å². The lowest BCUT2D eigenvalue weighted by atomic mass is 9.98. The van der Waals surface area contributed by atoms with E-state index in [0.717, 1.165) is 0 Å². The normalized spacial score (nSPS) is 17.8. The fraction of sp³-hybridized carbons (Fsp3) is 0.312. The maximum atomic E-state index is 4.23. The minimum absolute atomic E-state index is 0.532. The summed E-state index contributed by atoms with van der Waals surface area (Å²) in [7, 11) is 2.04. The van der Waals surface area contributed by atoms with Gasteiger partial charge in [0.15, 0.2) is 0 Å². The molecule has 0 spiro atoms. The number of hydrogen-bond donors (Lipinski definition) is 1. The summed E-state index contributed by atoms with van der Waals surface area (Å²) < 4.78 is 0. The Morgan fingerprint density at radius 1 is 1.28 bits per heavy atom. The summed E-state index contributed by atoms with van der Waals surface area (Å²) in [5, 5.41) is 3.38. The predicted octanol–water partition coefficient (Wildman–Crippen LogP) is 3.26. The van der Waals surface area contributed by atoms with Crippen molar-refractivity contribution < 1.29 is 0 Å². The van der Waals surface area contributed by atoms with Crippen molar-refractivity contribution in [2.75, 3.05) is 7.05 Å². The third-order valence-corrected chi connectivity index (χ3v) is 3.92. The van der Waals surface area contributed by atoms with Crippen LogP contribution < -0.4 is 5.32 Å². The number of aromatic nitrogens is 1. The van der Waals surface area contributed by atoms with Crippen LogP contribution in [-0.4, -0.2) is 12.0 Å². The Bertz CT molecular complexity index is 575. The van der Waals surface area contributed by atoms with Gasteiger partial charge in [-0.15, -0.1) is 0 Å². The average molecular weight is 238 g/mol. The van der Waals surface area contributed by atoms with Crippen molar-refractivity contribution in [1.29, 1.82) is 0 Å². The molecule has 1 aromatic heterocycles. The van der Waals surface area contributed by atoms with Gasteiger partial charge in [-0.3, -0.25) is 4.98 Å². The minimum atomic E-state index is 0.532. The van der Waals surface area contributed by atoms with Gasteiger partial charge < -0.3 is 5.32 Å². The van der Waals surface area contributed by atoms with E-state index >= 15 is 0 Å².